The van der Waals surface area contributed by atoms with Gasteiger partial charge >= 0.3 is 0 Å². The highest BCUT2D eigenvalue weighted by atomic mass is 16.5. The van der Waals surface area contributed by atoms with Crippen molar-refractivity contribution in [2.45, 2.75) is 13.5 Å². The summed E-state index contributed by atoms with van der Waals surface area (Å²) in [5, 5.41) is 11.2. The first-order chi connectivity index (χ1) is 14.6. The van der Waals surface area contributed by atoms with Crippen LogP contribution in [0, 0.1) is 6.92 Å². The number of rotatable bonds is 6. The minimum Gasteiger partial charge on any atom is -0.416 e. The van der Waals surface area contributed by atoms with E-state index in [9.17, 15) is 4.79 Å². The summed E-state index contributed by atoms with van der Waals surface area (Å²) < 4.78 is 11.0. The number of hydrogen-bond donors (Lipinski definition) is 1. The van der Waals surface area contributed by atoms with Crippen LogP contribution in [0.2, 0.25) is 0 Å². The molecule has 1 N–H and O–H groups in total. The molecule has 0 fully saturated rings. The van der Waals surface area contributed by atoms with Gasteiger partial charge in [-0.25, -0.2) is 0 Å². The maximum atomic E-state index is 12.6. The second-order valence-corrected chi connectivity index (χ2v) is 6.90. The van der Waals surface area contributed by atoms with E-state index < -0.39 is 0 Å². The minimum atomic E-state index is -0.198. The van der Waals surface area contributed by atoms with Gasteiger partial charge in [-0.1, -0.05) is 35.9 Å². The number of aryl methyl sites for hydroxylation is 1. The van der Waals surface area contributed by atoms with Crippen molar-refractivity contribution in [3.63, 3.8) is 0 Å². The van der Waals surface area contributed by atoms with Gasteiger partial charge in [0.05, 0.1) is 6.61 Å². The van der Waals surface area contributed by atoms with E-state index in [0.717, 1.165) is 27.9 Å². The lowest BCUT2D eigenvalue weighted by Crippen LogP contribution is -2.13. The van der Waals surface area contributed by atoms with Gasteiger partial charge in [-0.2, -0.15) is 0 Å². The summed E-state index contributed by atoms with van der Waals surface area (Å²) in [5.41, 5.74) is 4.92. The van der Waals surface area contributed by atoms with E-state index in [-0.39, 0.29) is 5.91 Å². The van der Waals surface area contributed by atoms with E-state index in [1.165, 1.54) is 0 Å². The van der Waals surface area contributed by atoms with E-state index in [2.05, 4.69) is 15.5 Å². The van der Waals surface area contributed by atoms with Crippen LogP contribution in [0.3, 0.4) is 0 Å². The Hall–Kier alpha value is -3.77. The number of carbonyl (C=O) groups excluding carboxylic acids is 1. The summed E-state index contributed by atoms with van der Waals surface area (Å²) in [4.78, 5) is 12.6. The highest BCUT2D eigenvalue weighted by Gasteiger charge is 2.13. The van der Waals surface area contributed by atoms with Gasteiger partial charge in [0.1, 0.15) is 0 Å². The lowest BCUT2D eigenvalue weighted by atomic mass is 10.1. The Labute approximate surface area is 174 Å². The molecule has 0 aliphatic rings. The van der Waals surface area contributed by atoms with Crippen LogP contribution in [0.15, 0.2) is 77.2 Å². The van der Waals surface area contributed by atoms with Gasteiger partial charge in [-0.3, -0.25) is 4.79 Å². The third-order valence-corrected chi connectivity index (χ3v) is 4.65. The number of para-hydroxylation sites is 1. The van der Waals surface area contributed by atoms with Crippen LogP contribution in [0.5, 0.6) is 0 Å². The van der Waals surface area contributed by atoms with Crippen molar-refractivity contribution in [1.29, 1.82) is 0 Å². The smallest absolute Gasteiger partial charge is 0.255 e. The second kappa shape index (κ2) is 8.71. The molecule has 0 unspecified atom stereocenters. The van der Waals surface area contributed by atoms with E-state index in [1.807, 2.05) is 55.5 Å². The first-order valence-corrected chi connectivity index (χ1v) is 9.53. The first-order valence-electron chi connectivity index (χ1n) is 9.53. The molecule has 6 nitrogen and oxygen atoms in total. The molecule has 4 rings (SSSR count). The van der Waals surface area contributed by atoms with Crippen LogP contribution in [0.25, 0.3) is 22.9 Å². The maximum absolute atomic E-state index is 12.6. The number of benzene rings is 3. The zero-order valence-electron chi connectivity index (χ0n) is 16.8. The molecule has 0 bridgehead atoms. The van der Waals surface area contributed by atoms with Crippen LogP contribution in [-0.2, 0) is 11.3 Å². The Bertz CT molecular complexity index is 1170. The van der Waals surface area contributed by atoms with Crippen molar-refractivity contribution in [3.8, 4) is 22.9 Å². The minimum absolute atomic E-state index is 0.198. The molecule has 1 amide bonds. The van der Waals surface area contributed by atoms with Crippen molar-refractivity contribution in [3.05, 3.63) is 89.5 Å². The predicted molar refractivity (Wildman–Crippen MR) is 115 cm³/mol. The van der Waals surface area contributed by atoms with Crippen LogP contribution < -0.4 is 5.32 Å². The Morgan fingerprint density at radius 2 is 1.67 bits per heavy atom. The highest BCUT2D eigenvalue weighted by molar-refractivity contribution is 6.04. The molecule has 30 heavy (non-hydrogen) atoms. The molecule has 0 aliphatic carbocycles. The molecule has 0 radical (unpaired) electrons. The van der Waals surface area contributed by atoms with E-state index >= 15 is 0 Å². The number of nitrogens with zero attached hydrogens (tertiary/aromatic N) is 2. The molecule has 1 heterocycles. The molecule has 150 valence electrons. The fraction of sp³-hybridized carbons (Fsp3) is 0.125. The number of hydrogen-bond acceptors (Lipinski definition) is 5. The van der Waals surface area contributed by atoms with Gasteiger partial charge in [0, 0.05) is 35.1 Å². The average Bonchev–Trinajstić information content (AvgIpc) is 3.26. The molecule has 3 aromatic carbocycles. The summed E-state index contributed by atoms with van der Waals surface area (Å²) in [6.07, 6.45) is 0. The summed E-state index contributed by atoms with van der Waals surface area (Å²) in [6.45, 7) is 2.44. The van der Waals surface area contributed by atoms with Crippen LogP contribution in [-0.4, -0.2) is 23.2 Å². The summed E-state index contributed by atoms with van der Waals surface area (Å²) >= 11 is 0. The number of anilines is 1. The van der Waals surface area contributed by atoms with Gasteiger partial charge < -0.3 is 14.5 Å². The second-order valence-electron chi connectivity index (χ2n) is 6.90. The zero-order valence-corrected chi connectivity index (χ0v) is 16.8. The third kappa shape index (κ3) is 4.29. The van der Waals surface area contributed by atoms with Gasteiger partial charge in [0.2, 0.25) is 11.8 Å². The van der Waals surface area contributed by atoms with Crippen molar-refractivity contribution in [2.75, 3.05) is 12.4 Å². The summed E-state index contributed by atoms with van der Waals surface area (Å²) in [7, 11) is 1.62. The fourth-order valence-corrected chi connectivity index (χ4v) is 3.12. The molecular weight excluding hydrogens is 378 g/mol. The molecule has 1 aromatic heterocycles. The molecule has 0 saturated heterocycles. The van der Waals surface area contributed by atoms with Crippen molar-refractivity contribution < 1.29 is 13.9 Å². The third-order valence-electron chi connectivity index (χ3n) is 4.65. The normalized spacial score (nSPS) is 10.7. The topological polar surface area (TPSA) is 77.2 Å². The molecule has 4 aromatic rings. The molecule has 6 heteroatoms. The average molecular weight is 399 g/mol. The van der Waals surface area contributed by atoms with E-state index in [0.29, 0.717) is 24.0 Å². The Balaban J connectivity index is 1.50. The number of aromatic nitrogens is 2. The first kappa shape index (κ1) is 19.5. The van der Waals surface area contributed by atoms with Crippen LogP contribution in [0.4, 0.5) is 5.69 Å². The molecule has 0 spiro atoms. The van der Waals surface area contributed by atoms with Gasteiger partial charge in [0.15, 0.2) is 0 Å². The molecule has 0 atom stereocenters. The number of ether oxygens (including phenoxy) is 1. The molecule has 0 aliphatic heterocycles. The van der Waals surface area contributed by atoms with Crippen LogP contribution in [0.1, 0.15) is 21.5 Å². The van der Waals surface area contributed by atoms with Crippen molar-refractivity contribution >= 4 is 11.6 Å². The lowest BCUT2D eigenvalue weighted by Gasteiger charge is -2.10. The predicted octanol–water partition coefficient (Wildman–Crippen LogP) is 5.11. The quantitative estimate of drug-likeness (QED) is 0.487. The molecule has 0 saturated carbocycles. The SMILES string of the molecule is COCc1ccccc1NC(=O)c1ccc(-c2nnc(-c3cccc(C)c3)o2)cc1. The Kier molecular flexibility index (Phi) is 5.68. The number of methoxy groups -OCH3 is 1. The lowest BCUT2D eigenvalue weighted by molar-refractivity contribution is 0.102. The van der Waals surface area contributed by atoms with Crippen molar-refractivity contribution in [1.82, 2.24) is 10.2 Å². The fourth-order valence-electron chi connectivity index (χ4n) is 3.12. The van der Waals surface area contributed by atoms with Crippen molar-refractivity contribution in [2.24, 2.45) is 0 Å². The van der Waals surface area contributed by atoms with E-state index in [4.69, 9.17) is 9.15 Å². The standard InChI is InChI=1S/C24H21N3O3/c1-16-6-5-8-19(14-16)24-27-26-23(30-24)18-12-10-17(11-13-18)22(28)25-21-9-4-3-7-20(21)15-29-2/h3-14H,15H2,1-2H3,(H,25,28). The number of nitrogens with one attached hydrogen (secondary N) is 1. The molecular formula is C24H21N3O3. The summed E-state index contributed by atoms with van der Waals surface area (Å²) in [6, 6.07) is 22.5. The van der Waals surface area contributed by atoms with Gasteiger partial charge in [-0.15, -0.1) is 10.2 Å². The monoisotopic (exact) mass is 399 g/mol. The van der Waals surface area contributed by atoms with Gasteiger partial charge in [0.25, 0.3) is 5.91 Å². The highest BCUT2D eigenvalue weighted by Crippen LogP contribution is 2.25. The van der Waals surface area contributed by atoms with Gasteiger partial charge in [-0.05, 0) is 49.4 Å². The number of amides is 1. The Morgan fingerprint density at radius 1 is 0.933 bits per heavy atom. The largest absolute Gasteiger partial charge is 0.416 e. The Morgan fingerprint density at radius 3 is 2.40 bits per heavy atom. The summed E-state index contributed by atoms with van der Waals surface area (Å²) in [5.74, 6) is 0.672. The van der Waals surface area contributed by atoms with Crippen LogP contribution >= 0.6 is 0 Å². The van der Waals surface area contributed by atoms with E-state index in [1.54, 1.807) is 31.4 Å². The zero-order chi connectivity index (χ0) is 20.9. The maximum Gasteiger partial charge on any atom is 0.255 e. The number of carbonyl (C=O) groups is 1.